The van der Waals surface area contributed by atoms with Crippen LogP contribution in [-0.4, -0.2) is 31.0 Å². The van der Waals surface area contributed by atoms with Gasteiger partial charge in [-0.15, -0.1) is 13.2 Å². The van der Waals surface area contributed by atoms with Crippen LogP contribution in [0.1, 0.15) is 24.5 Å². The third-order valence-corrected chi connectivity index (χ3v) is 2.38. The van der Waals surface area contributed by atoms with Crippen LogP contribution in [-0.2, 0) is 16.0 Å². The Balaban J connectivity index is 3.35. The van der Waals surface area contributed by atoms with Crippen LogP contribution in [0.25, 0.3) is 0 Å². The summed E-state index contributed by atoms with van der Waals surface area (Å²) in [5.41, 5.74) is -1.55. The summed E-state index contributed by atoms with van der Waals surface area (Å²) in [6, 6.07) is 0.739. The van der Waals surface area contributed by atoms with E-state index < -0.39 is 48.1 Å². The van der Waals surface area contributed by atoms with Gasteiger partial charge in [0, 0.05) is 17.2 Å². The van der Waals surface area contributed by atoms with Crippen LogP contribution in [0, 0.1) is 0 Å². The van der Waals surface area contributed by atoms with E-state index in [9.17, 15) is 26.7 Å². The average molecular weight is 329 g/mol. The molecule has 5 nitrogen and oxygen atoms in total. The van der Waals surface area contributed by atoms with Crippen molar-refractivity contribution in [1.29, 1.82) is 0 Å². The van der Waals surface area contributed by atoms with Gasteiger partial charge in [-0.25, -0.2) is 8.78 Å². The molecule has 0 saturated carbocycles. The Bertz CT molecular complexity index is 533. The highest BCUT2D eigenvalue weighted by molar-refractivity contribution is 5.74. The fourth-order valence-corrected chi connectivity index (χ4v) is 1.57. The van der Waals surface area contributed by atoms with Gasteiger partial charge in [-0.1, -0.05) is 0 Å². The number of carbonyl (C=O) groups excluding carboxylic acids is 1. The predicted molar refractivity (Wildman–Crippen MR) is 62.8 cm³/mol. The highest BCUT2D eigenvalue weighted by Gasteiger charge is 2.35. The van der Waals surface area contributed by atoms with Crippen LogP contribution in [0.5, 0.6) is 11.8 Å². The highest BCUT2D eigenvalue weighted by atomic mass is 19.4. The number of carbonyl (C=O) groups is 1. The quantitative estimate of drug-likeness (QED) is 0.593. The number of esters is 1. The van der Waals surface area contributed by atoms with E-state index in [-0.39, 0.29) is 6.61 Å². The highest BCUT2D eigenvalue weighted by Crippen LogP contribution is 2.35. The lowest BCUT2D eigenvalue weighted by Crippen LogP contribution is -2.21. The molecular weight excluding hydrogens is 317 g/mol. The molecule has 1 rings (SSSR count). The number of rotatable bonds is 6. The van der Waals surface area contributed by atoms with Crippen molar-refractivity contribution in [2.24, 2.45) is 0 Å². The number of halogens is 5. The fraction of sp³-hybridized carbons (Fsp3) is 0.500. The van der Waals surface area contributed by atoms with Gasteiger partial charge in [0.1, 0.15) is 0 Å². The van der Waals surface area contributed by atoms with Crippen LogP contribution in [0.3, 0.4) is 0 Å². The molecule has 0 amide bonds. The van der Waals surface area contributed by atoms with Crippen molar-refractivity contribution < 1.29 is 41.0 Å². The van der Waals surface area contributed by atoms with Gasteiger partial charge < -0.3 is 14.2 Å². The first-order valence-corrected chi connectivity index (χ1v) is 5.95. The summed E-state index contributed by atoms with van der Waals surface area (Å²) in [4.78, 5) is 14.7. The summed E-state index contributed by atoms with van der Waals surface area (Å²) >= 11 is 0. The van der Waals surface area contributed by atoms with Crippen LogP contribution in [0.4, 0.5) is 22.0 Å². The molecular formula is C12H12F5NO4. The van der Waals surface area contributed by atoms with E-state index in [2.05, 4.69) is 19.2 Å². The molecule has 0 saturated heterocycles. The number of hydrogen-bond acceptors (Lipinski definition) is 5. The normalized spacial score (nSPS) is 11.5. The molecule has 0 radical (unpaired) electrons. The largest absolute Gasteiger partial charge is 0.574 e. The smallest absolute Gasteiger partial charge is 0.481 e. The van der Waals surface area contributed by atoms with E-state index in [1.165, 1.54) is 6.92 Å². The van der Waals surface area contributed by atoms with Gasteiger partial charge in [0.05, 0.1) is 20.1 Å². The van der Waals surface area contributed by atoms with Crippen LogP contribution in [0.15, 0.2) is 6.07 Å². The minimum Gasteiger partial charge on any atom is -0.481 e. The standard InChI is InChI=1S/C12H12F5NO4/c1-3-21-9(19)5-7-6(10(13)14)4-8(20-2)18-11(7)22-12(15,16)17/h4,10H,3,5H2,1-2H3. The zero-order valence-electron chi connectivity index (χ0n) is 11.5. The molecule has 0 unspecified atom stereocenters. The number of methoxy groups -OCH3 is 1. The Hall–Kier alpha value is -2.13. The molecule has 1 heterocycles. The first-order chi connectivity index (χ1) is 10.2. The second kappa shape index (κ2) is 7.23. The third-order valence-electron chi connectivity index (χ3n) is 2.38. The Morgan fingerprint density at radius 1 is 1.36 bits per heavy atom. The second-order valence-corrected chi connectivity index (χ2v) is 3.87. The topological polar surface area (TPSA) is 57.7 Å². The molecule has 0 N–H and O–H groups in total. The minimum atomic E-state index is -5.16. The first-order valence-electron chi connectivity index (χ1n) is 5.95. The zero-order chi connectivity index (χ0) is 16.9. The molecule has 0 fully saturated rings. The second-order valence-electron chi connectivity index (χ2n) is 3.87. The van der Waals surface area contributed by atoms with Gasteiger partial charge in [0.15, 0.2) is 0 Å². The Morgan fingerprint density at radius 3 is 2.45 bits per heavy atom. The van der Waals surface area contributed by atoms with Gasteiger partial charge in [0.25, 0.3) is 6.43 Å². The third kappa shape index (κ3) is 5.01. The molecule has 0 spiro atoms. The summed E-state index contributed by atoms with van der Waals surface area (Å²) in [7, 11) is 1.04. The SMILES string of the molecule is CCOC(=O)Cc1c(C(F)F)cc(OC)nc1OC(F)(F)F. The van der Waals surface area contributed by atoms with Crippen molar-refractivity contribution in [1.82, 2.24) is 4.98 Å². The lowest BCUT2D eigenvalue weighted by Gasteiger charge is -2.16. The van der Waals surface area contributed by atoms with E-state index >= 15 is 0 Å². The van der Waals surface area contributed by atoms with E-state index in [1.54, 1.807) is 0 Å². The first kappa shape index (κ1) is 17.9. The molecule has 1 aromatic rings. The van der Waals surface area contributed by atoms with Crippen LogP contribution in [0.2, 0.25) is 0 Å². The number of ether oxygens (including phenoxy) is 3. The van der Waals surface area contributed by atoms with E-state index in [1.807, 2.05) is 0 Å². The fourth-order valence-electron chi connectivity index (χ4n) is 1.57. The van der Waals surface area contributed by atoms with Crippen LogP contribution >= 0.6 is 0 Å². The summed E-state index contributed by atoms with van der Waals surface area (Å²) < 4.78 is 75.9. The van der Waals surface area contributed by atoms with Crippen molar-refractivity contribution in [3.05, 3.63) is 17.2 Å². The molecule has 0 aliphatic rings. The lowest BCUT2D eigenvalue weighted by molar-refractivity contribution is -0.276. The number of hydrogen-bond donors (Lipinski definition) is 0. The molecule has 124 valence electrons. The van der Waals surface area contributed by atoms with Gasteiger partial charge in [-0.2, -0.15) is 4.98 Å². The Kier molecular flexibility index (Phi) is 5.89. The molecule has 0 aromatic carbocycles. The summed E-state index contributed by atoms with van der Waals surface area (Å²) in [6.45, 7) is 1.41. The molecule has 22 heavy (non-hydrogen) atoms. The average Bonchev–Trinajstić information content (AvgIpc) is 2.38. The summed E-state index contributed by atoms with van der Waals surface area (Å²) in [5, 5.41) is 0. The Labute approximate surface area is 122 Å². The molecule has 0 aliphatic carbocycles. The van der Waals surface area contributed by atoms with E-state index in [0.29, 0.717) is 0 Å². The van der Waals surface area contributed by atoms with Crippen molar-refractivity contribution in [3.8, 4) is 11.8 Å². The van der Waals surface area contributed by atoms with Gasteiger partial charge in [-0.05, 0) is 6.92 Å². The van der Waals surface area contributed by atoms with Crippen molar-refractivity contribution in [2.75, 3.05) is 13.7 Å². The number of aromatic nitrogens is 1. The van der Waals surface area contributed by atoms with Gasteiger partial charge in [0.2, 0.25) is 11.8 Å². The monoisotopic (exact) mass is 329 g/mol. The molecule has 0 bridgehead atoms. The van der Waals surface area contributed by atoms with Gasteiger partial charge >= 0.3 is 12.3 Å². The predicted octanol–water partition coefficient (Wildman–Crippen LogP) is 3.03. The molecule has 1 aromatic heterocycles. The zero-order valence-corrected chi connectivity index (χ0v) is 11.5. The van der Waals surface area contributed by atoms with Gasteiger partial charge in [-0.3, -0.25) is 4.79 Å². The lowest BCUT2D eigenvalue weighted by atomic mass is 10.1. The maximum absolute atomic E-state index is 13.0. The van der Waals surface area contributed by atoms with Crippen molar-refractivity contribution in [3.63, 3.8) is 0 Å². The van der Waals surface area contributed by atoms with E-state index in [4.69, 9.17) is 0 Å². The molecule has 0 atom stereocenters. The van der Waals surface area contributed by atoms with Crippen molar-refractivity contribution >= 4 is 5.97 Å². The summed E-state index contributed by atoms with van der Waals surface area (Å²) in [6.07, 6.45) is -9.16. The van der Waals surface area contributed by atoms with Crippen LogP contribution < -0.4 is 9.47 Å². The van der Waals surface area contributed by atoms with Crippen molar-refractivity contribution in [2.45, 2.75) is 26.1 Å². The maximum Gasteiger partial charge on any atom is 0.574 e. The maximum atomic E-state index is 13.0. The number of alkyl halides is 5. The number of nitrogens with zero attached hydrogens (tertiary/aromatic N) is 1. The molecule has 0 aliphatic heterocycles. The summed E-state index contributed by atoms with van der Waals surface area (Å²) in [5.74, 6) is -2.65. The minimum absolute atomic E-state index is 0.0537. The van der Waals surface area contributed by atoms with E-state index in [0.717, 1.165) is 13.2 Å². The molecule has 10 heteroatoms. The number of pyridine rings is 1. The Morgan fingerprint density at radius 2 is 2.00 bits per heavy atom.